The van der Waals surface area contributed by atoms with Crippen molar-refractivity contribution in [3.63, 3.8) is 0 Å². The van der Waals surface area contributed by atoms with Crippen LogP contribution in [-0.2, 0) is 0 Å². The van der Waals surface area contributed by atoms with Gasteiger partial charge in [0, 0.05) is 42.2 Å². The molecular formula is C24H30ClN3O2. The number of anilines is 1. The molecule has 2 aromatic carbocycles. The topological polar surface area (TPSA) is 44.8 Å². The summed E-state index contributed by atoms with van der Waals surface area (Å²) in [6.07, 6.45) is 2.01. The van der Waals surface area contributed by atoms with E-state index in [2.05, 4.69) is 36.2 Å². The number of halogens is 1. The zero-order valence-electron chi connectivity index (χ0n) is 17.9. The predicted molar refractivity (Wildman–Crippen MR) is 121 cm³/mol. The quantitative estimate of drug-likeness (QED) is 0.707. The molecular weight excluding hydrogens is 398 g/mol. The molecule has 6 heteroatoms. The minimum absolute atomic E-state index is 0.0579. The Balaban J connectivity index is 1.44. The van der Waals surface area contributed by atoms with Gasteiger partial charge in [-0.25, -0.2) is 4.79 Å². The number of piperidine rings is 1. The molecule has 0 saturated carbocycles. The van der Waals surface area contributed by atoms with E-state index in [1.807, 2.05) is 41.3 Å². The fourth-order valence-corrected chi connectivity index (χ4v) is 5.11. The Morgan fingerprint density at radius 1 is 1.13 bits per heavy atom. The van der Waals surface area contributed by atoms with Crippen LogP contribution in [0.1, 0.15) is 38.3 Å². The number of likely N-dealkylation sites (tertiary alicyclic amines) is 2. The smallest absolute Gasteiger partial charge is 0.321 e. The largest absolute Gasteiger partial charge is 0.495 e. The highest BCUT2D eigenvalue weighted by molar-refractivity contribution is 6.30. The normalized spacial score (nSPS) is 20.8. The van der Waals surface area contributed by atoms with Gasteiger partial charge in [0.2, 0.25) is 0 Å². The molecule has 2 amide bonds. The monoisotopic (exact) mass is 427 g/mol. The van der Waals surface area contributed by atoms with Gasteiger partial charge in [-0.15, -0.1) is 0 Å². The molecule has 2 aliphatic heterocycles. The third-order valence-electron chi connectivity index (χ3n) is 6.65. The minimum atomic E-state index is -0.0579. The summed E-state index contributed by atoms with van der Waals surface area (Å²) in [5.74, 6) is 0.675. The third-order valence-corrected chi connectivity index (χ3v) is 6.91. The van der Waals surface area contributed by atoms with E-state index in [-0.39, 0.29) is 11.4 Å². The summed E-state index contributed by atoms with van der Waals surface area (Å²) in [6, 6.07) is 16.6. The van der Waals surface area contributed by atoms with Crippen LogP contribution in [0.15, 0.2) is 48.5 Å². The molecule has 4 rings (SSSR count). The van der Waals surface area contributed by atoms with Gasteiger partial charge in [0.15, 0.2) is 0 Å². The number of nitrogens with one attached hydrogen (secondary N) is 1. The van der Waals surface area contributed by atoms with Crippen molar-refractivity contribution in [3.05, 3.63) is 59.1 Å². The maximum absolute atomic E-state index is 12.8. The molecule has 1 spiro atoms. The molecule has 2 saturated heterocycles. The Bertz CT molecular complexity index is 892. The molecule has 1 unspecified atom stereocenters. The Morgan fingerprint density at radius 3 is 2.43 bits per heavy atom. The zero-order chi connectivity index (χ0) is 21.3. The van der Waals surface area contributed by atoms with Gasteiger partial charge in [-0.2, -0.15) is 0 Å². The van der Waals surface area contributed by atoms with Gasteiger partial charge in [0.25, 0.3) is 0 Å². The fourth-order valence-electron chi connectivity index (χ4n) is 4.98. The molecule has 1 N–H and O–H groups in total. The van der Waals surface area contributed by atoms with E-state index in [9.17, 15) is 4.79 Å². The van der Waals surface area contributed by atoms with Crippen LogP contribution in [0.4, 0.5) is 10.5 Å². The molecule has 160 valence electrons. The first-order chi connectivity index (χ1) is 14.4. The second kappa shape index (κ2) is 8.48. The summed E-state index contributed by atoms with van der Waals surface area (Å²) in [5.41, 5.74) is 2.25. The summed E-state index contributed by atoms with van der Waals surface area (Å²) < 4.78 is 5.35. The molecule has 2 heterocycles. The molecule has 0 bridgehead atoms. The lowest BCUT2D eigenvalue weighted by atomic mass is 9.62. The second-order valence-electron chi connectivity index (χ2n) is 8.70. The maximum Gasteiger partial charge on any atom is 0.321 e. The van der Waals surface area contributed by atoms with E-state index >= 15 is 0 Å². The summed E-state index contributed by atoms with van der Waals surface area (Å²) in [4.78, 5) is 17.3. The molecule has 1 atom stereocenters. The van der Waals surface area contributed by atoms with Crippen LogP contribution in [0.25, 0.3) is 0 Å². The van der Waals surface area contributed by atoms with E-state index in [0.29, 0.717) is 23.5 Å². The fraction of sp³-hybridized carbons (Fsp3) is 0.458. The Labute approximate surface area is 184 Å². The van der Waals surface area contributed by atoms with E-state index in [0.717, 1.165) is 37.5 Å². The van der Waals surface area contributed by atoms with Gasteiger partial charge >= 0.3 is 6.03 Å². The van der Waals surface area contributed by atoms with Crippen molar-refractivity contribution in [2.24, 2.45) is 5.41 Å². The first-order valence-corrected chi connectivity index (χ1v) is 11.0. The number of hydrogen-bond donors (Lipinski definition) is 1. The Morgan fingerprint density at radius 2 is 1.80 bits per heavy atom. The second-order valence-corrected chi connectivity index (χ2v) is 9.14. The standard InChI is InChI=1S/C24H30ClN3O2/c1-17(2)28-16-24(22(28)18-8-10-19(25)11-9-18)12-14-27(15-13-24)23(29)26-20-6-4-5-7-21(20)30-3/h4-11,17,22H,12-16H2,1-3H3,(H,26,29). The predicted octanol–water partition coefficient (Wildman–Crippen LogP) is 5.43. The molecule has 0 aromatic heterocycles. The number of ether oxygens (including phenoxy) is 1. The van der Waals surface area contributed by atoms with E-state index < -0.39 is 0 Å². The lowest BCUT2D eigenvalue weighted by Gasteiger charge is -2.62. The number of urea groups is 1. The number of para-hydroxylation sites is 2. The average Bonchev–Trinajstić information content (AvgIpc) is 2.74. The van der Waals surface area contributed by atoms with Crippen molar-refractivity contribution in [1.82, 2.24) is 9.80 Å². The molecule has 0 radical (unpaired) electrons. The van der Waals surface area contributed by atoms with Gasteiger partial charge < -0.3 is 15.0 Å². The van der Waals surface area contributed by atoms with E-state index in [4.69, 9.17) is 16.3 Å². The summed E-state index contributed by atoms with van der Waals surface area (Å²) >= 11 is 6.12. The highest BCUT2D eigenvalue weighted by Crippen LogP contribution is 2.55. The molecule has 30 heavy (non-hydrogen) atoms. The highest BCUT2D eigenvalue weighted by atomic mass is 35.5. The number of hydrogen-bond acceptors (Lipinski definition) is 3. The Kier molecular flexibility index (Phi) is 5.94. The summed E-state index contributed by atoms with van der Waals surface area (Å²) in [7, 11) is 1.61. The van der Waals surface area contributed by atoms with Crippen molar-refractivity contribution in [2.45, 2.75) is 38.8 Å². The van der Waals surface area contributed by atoms with Gasteiger partial charge in [-0.1, -0.05) is 35.9 Å². The minimum Gasteiger partial charge on any atom is -0.495 e. The number of carbonyl (C=O) groups excluding carboxylic acids is 1. The number of carbonyl (C=O) groups is 1. The zero-order valence-corrected chi connectivity index (χ0v) is 18.7. The number of amides is 2. The number of methoxy groups -OCH3 is 1. The molecule has 0 aliphatic carbocycles. The third kappa shape index (κ3) is 3.88. The van der Waals surface area contributed by atoms with Crippen LogP contribution >= 0.6 is 11.6 Å². The van der Waals surface area contributed by atoms with Crippen molar-refractivity contribution in [1.29, 1.82) is 0 Å². The van der Waals surface area contributed by atoms with Gasteiger partial charge in [0.1, 0.15) is 5.75 Å². The molecule has 2 fully saturated rings. The van der Waals surface area contributed by atoms with Crippen LogP contribution in [0.5, 0.6) is 5.75 Å². The van der Waals surface area contributed by atoms with Crippen molar-refractivity contribution in [2.75, 3.05) is 32.1 Å². The van der Waals surface area contributed by atoms with Gasteiger partial charge in [0.05, 0.1) is 12.8 Å². The average molecular weight is 428 g/mol. The summed E-state index contributed by atoms with van der Waals surface area (Å²) in [6.45, 7) is 7.12. The number of benzene rings is 2. The lowest BCUT2D eigenvalue weighted by molar-refractivity contribution is -0.123. The van der Waals surface area contributed by atoms with Crippen LogP contribution < -0.4 is 10.1 Å². The van der Waals surface area contributed by atoms with Crippen LogP contribution in [0.2, 0.25) is 5.02 Å². The van der Waals surface area contributed by atoms with Crippen LogP contribution in [0.3, 0.4) is 0 Å². The number of rotatable bonds is 4. The molecule has 2 aliphatic rings. The van der Waals surface area contributed by atoms with Crippen molar-refractivity contribution < 1.29 is 9.53 Å². The lowest BCUT2D eigenvalue weighted by Crippen LogP contribution is -2.64. The van der Waals surface area contributed by atoms with E-state index in [1.165, 1.54) is 5.56 Å². The van der Waals surface area contributed by atoms with E-state index in [1.54, 1.807) is 7.11 Å². The SMILES string of the molecule is COc1ccccc1NC(=O)N1CCC2(CC1)CN(C(C)C)C2c1ccc(Cl)cc1. The van der Waals surface area contributed by atoms with Crippen molar-refractivity contribution >= 4 is 23.3 Å². The number of nitrogens with zero attached hydrogens (tertiary/aromatic N) is 2. The highest BCUT2D eigenvalue weighted by Gasteiger charge is 2.54. The van der Waals surface area contributed by atoms with Crippen LogP contribution in [0, 0.1) is 5.41 Å². The first-order valence-electron chi connectivity index (χ1n) is 10.6. The van der Waals surface area contributed by atoms with Gasteiger partial charge in [-0.05, 0) is 56.5 Å². The van der Waals surface area contributed by atoms with Gasteiger partial charge in [-0.3, -0.25) is 4.90 Å². The molecule has 5 nitrogen and oxygen atoms in total. The summed E-state index contributed by atoms with van der Waals surface area (Å²) in [5, 5.41) is 3.78. The Hall–Kier alpha value is -2.24. The maximum atomic E-state index is 12.8. The van der Waals surface area contributed by atoms with Crippen LogP contribution in [-0.4, -0.2) is 48.6 Å². The first kappa shape index (κ1) is 21.0. The molecule has 2 aromatic rings. The van der Waals surface area contributed by atoms with Crippen molar-refractivity contribution in [3.8, 4) is 5.75 Å².